The van der Waals surface area contributed by atoms with Crippen molar-refractivity contribution in [3.63, 3.8) is 0 Å². The molecular weight excluding hydrogens is 306 g/mol. The number of aromatic nitrogens is 2. The van der Waals surface area contributed by atoms with Gasteiger partial charge < -0.3 is 19.3 Å². The lowest BCUT2D eigenvalue weighted by atomic mass is 9.93. The van der Waals surface area contributed by atoms with Crippen molar-refractivity contribution >= 4 is 0 Å². The van der Waals surface area contributed by atoms with Crippen molar-refractivity contribution in [1.29, 1.82) is 0 Å². The average molecular weight is 331 g/mol. The zero-order valence-corrected chi connectivity index (χ0v) is 14.2. The number of hydrogen-bond acceptors (Lipinski definition) is 6. The van der Waals surface area contributed by atoms with Crippen LogP contribution < -0.4 is 10.1 Å². The molecule has 2 aromatic rings. The number of aryl methyl sites for hydroxylation is 1. The minimum atomic E-state index is 0.355. The standard InChI is InChI=1S/C18H25N3O3/c1-22-16-4-2-3-15(11-16)12-23-13-17-20-18(24-21-17)6-5-14-7-9-19-10-8-14/h2-4,11,14,19H,5-10,12-13H2,1H3. The van der Waals surface area contributed by atoms with E-state index in [1.54, 1.807) is 7.11 Å². The Morgan fingerprint density at radius 2 is 2.12 bits per heavy atom. The van der Waals surface area contributed by atoms with E-state index in [0.29, 0.717) is 24.9 Å². The molecule has 1 aliphatic rings. The molecule has 1 N–H and O–H groups in total. The van der Waals surface area contributed by atoms with Crippen LogP contribution in [0.3, 0.4) is 0 Å². The first-order chi connectivity index (χ1) is 11.8. The van der Waals surface area contributed by atoms with Gasteiger partial charge in [0.15, 0.2) is 5.82 Å². The fraction of sp³-hybridized carbons (Fsp3) is 0.556. The first kappa shape index (κ1) is 16.9. The highest BCUT2D eigenvalue weighted by atomic mass is 16.5. The molecule has 0 saturated carbocycles. The first-order valence-electron chi connectivity index (χ1n) is 8.56. The van der Waals surface area contributed by atoms with Gasteiger partial charge in [0.2, 0.25) is 5.89 Å². The third-order valence-corrected chi connectivity index (χ3v) is 4.37. The van der Waals surface area contributed by atoms with E-state index < -0.39 is 0 Å². The van der Waals surface area contributed by atoms with Crippen molar-refractivity contribution in [3.05, 3.63) is 41.5 Å². The highest BCUT2D eigenvalue weighted by molar-refractivity contribution is 5.27. The summed E-state index contributed by atoms with van der Waals surface area (Å²) >= 11 is 0. The van der Waals surface area contributed by atoms with E-state index in [4.69, 9.17) is 14.0 Å². The number of piperidine rings is 1. The normalized spacial score (nSPS) is 15.5. The maximum Gasteiger partial charge on any atom is 0.226 e. The van der Waals surface area contributed by atoms with Gasteiger partial charge in [-0.15, -0.1) is 0 Å². The van der Waals surface area contributed by atoms with E-state index in [1.165, 1.54) is 12.8 Å². The van der Waals surface area contributed by atoms with Gasteiger partial charge in [0.25, 0.3) is 0 Å². The van der Waals surface area contributed by atoms with Gasteiger partial charge in [0, 0.05) is 6.42 Å². The molecule has 0 unspecified atom stereocenters. The predicted molar refractivity (Wildman–Crippen MR) is 89.7 cm³/mol. The van der Waals surface area contributed by atoms with Crippen LogP contribution in [0.1, 0.15) is 36.5 Å². The number of benzene rings is 1. The molecule has 0 amide bonds. The zero-order chi connectivity index (χ0) is 16.6. The summed E-state index contributed by atoms with van der Waals surface area (Å²) in [4.78, 5) is 4.42. The SMILES string of the molecule is COc1cccc(COCc2noc(CCC3CCNCC3)n2)c1. The smallest absolute Gasteiger partial charge is 0.226 e. The van der Waals surface area contributed by atoms with Crippen LogP contribution in [0.15, 0.2) is 28.8 Å². The molecule has 0 aliphatic carbocycles. The lowest BCUT2D eigenvalue weighted by Crippen LogP contribution is -2.27. The molecule has 130 valence electrons. The van der Waals surface area contributed by atoms with Crippen LogP contribution in [0.2, 0.25) is 0 Å². The molecule has 0 spiro atoms. The minimum Gasteiger partial charge on any atom is -0.497 e. The lowest BCUT2D eigenvalue weighted by Gasteiger charge is -2.21. The molecule has 0 atom stereocenters. The van der Waals surface area contributed by atoms with Gasteiger partial charge in [-0.2, -0.15) is 4.98 Å². The summed E-state index contributed by atoms with van der Waals surface area (Å²) in [5.74, 6) is 2.92. The fourth-order valence-electron chi connectivity index (χ4n) is 2.97. The van der Waals surface area contributed by atoms with Crippen LogP contribution >= 0.6 is 0 Å². The van der Waals surface area contributed by atoms with Gasteiger partial charge in [-0.3, -0.25) is 0 Å². The Balaban J connectivity index is 1.40. The summed E-state index contributed by atoms with van der Waals surface area (Å²) in [6, 6.07) is 7.83. The molecule has 1 aromatic carbocycles. The van der Waals surface area contributed by atoms with Gasteiger partial charge in [-0.25, -0.2) is 0 Å². The second-order valence-electron chi connectivity index (χ2n) is 6.18. The van der Waals surface area contributed by atoms with Gasteiger partial charge in [0.05, 0.1) is 13.7 Å². The number of methoxy groups -OCH3 is 1. The summed E-state index contributed by atoms with van der Waals surface area (Å²) in [5, 5.41) is 7.38. The Hall–Kier alpha value is -1.92. The zero-order valence-electron chi connectivity index (χ0n) is 14.2. The predicted octanol–water partition coefficient (Wildman–Crippen LogP) is 2.73. The summed E-state index contributed by atoms with van der Waals surface area (Å²) in [7, 11) is 1.66. The molecule has 1 aromatic heterocycles. The number of nitrogens with zero attached hydrogens (tertiary/aromatic N) is 2. The number of hydrogen-bond donors (Lipinski definition) is 1. The monoisotopic (exact) mass is 331 g/mol. The Morgan fingerprint density at radius 1 is 1.25 bits per heavy atom. The summed E-state index contributed by atoms with van der Waals surface area (Å²) in [6.07, 6.45) is 4.46. The van der Waals surface area contributed by atoms with Crippen LogP contribution in [0, 0.1) is 5.92 Å². The minimum absolute atomic E-state index is 0.355. The molecule has 24 heavy (non-hydrogen) atoms. The maximum absolute atomic E-state index is 5.66. The Bertz CT molecular complexity index is 623. The molecule has 0 bridgehead atoms. The van der Waals surface area contributed by atoms with Crippen molar-refractivity contribution in [2.45, 2.75) is 38.9 Å². The van der Waals surface area contributed by atoms with E-state index in [9.17, 15) is 0 Å². The highest BCUT2D eigenvalue weighted by Gasteiger charge is 2.15. The molecule has 2 heterocycles. The number of rotatable bonds is 8. The van der Waals surface area contributed by atoms with Crippen LogP contribution in [0.25, 0.3) is 0 Å². The molecule has 6 heteroatoms. The van der Waals surface area contributed by atoms with E-state index in [2.05, 4.69) is 15.5 Å². The second kappa shape index (κ2) is 8.80. The maximum atomic E-state index is 5.66. The van der Waals surface area contributed by atoms with Crippen molar-refractivity contribution in [1.82, 2.24) is 15.5 Å². The van der Waals surface area contributed by atoms with Crippen molar-refractivity contribution in [2.24, 2.45) is 5.92 Å². The topological polar surface area (TPSA) is 69.4 Å². The third kappa shape index (κ3) is 5.04. The molecule has 1 aliphatic heterocycles. The third-order valence-electron chi connectivity index (χ3n) is 4.37. The van der Waals surface area contributed by atoms with Crippen molar-refractivity contribution in [2.75, 3.05) is 20.2 Å². The van der Waals surface area contributed by atoms with E-state index in [0.717, 1.165) is 43.2 Å². The average Bonchev–Trinajstić information content (AvgIpc) is 3.09. The van der Waals surface area contributed by atoms with E-state index >= 15 is 0 Å². The second-order valence-corrected chi connectivity index (χ2v) is 6.18. The Morgan fingerprint density at radius 3 is 2.96 bits per heavy atom. The Kier molecular flexibility index (Phi) is 6.20. The molecular formula is C18H25N3O3. The van der Waals surface area contributed by atoms with Gasteiger partial charge in [-0.1, -0.05) is 17.3 Å². The van der Waals surface area contributed by atoms with Gasteiger partial charge in [-0.05, 0) is 56.0 Å². The van der Waals surface area contributed by atoms with Gasteiger partial charge in [0.1, 0.15) is 12.4 Å². The summed E-state index contributed by atoms with van der Waals surface area (Å²) in [6.45, 7) is 3.10. The largest absolute Gasteiger partial charge is 0.497 e. The molecule has 1 saturated heterocycles. The summed E-state index contributed by atoms with van der Waals surface area (Å²) in [5.41, 5.74) is 1.06. The molecule has 1 fully saturated rings. The van der Waals surface area contributed by atoms with Gasteiger partial charge >= 0.3 is 0 Å². The van der Waals surface area contributed by atoms with Crippen molar-refractivity contribution in [3.8, 4) is 5.75 Å². The Labute approximate surface area is 142 Å². The summed E-state index contributed by atoms with van der Waals surface area (Å²) < 4.78 is 16.2. The molecule has 3 rings (SSSR count). The van der Waals surface area contributed by atoms with Crippen LogP contribution in [0.5, 0.6) is 5.75 Å². The van der Waals surface area contributed by atoms with Crippen LogP contribution in [-0.2, 0) is 24.4 Å². The first-order valence-corrected chi connectivity index (χ1v) is 8.56. The number of nitrogens with one attached hydrogen (secondary N) is 1. The van der Waals surface area contributed by atoms with E-state index in [1.807, 2.05) is 24.3 Å². The lowest BCUT2D eigenvalue weighted by molar-refractivity contribution is 0.0998. The van der Waals surface area contributed by atoms with Crippen LogP contribution in [-0.4, -0.2) is 30.3 Å². The van der Waals surface area contributed by atoms with Crippen LogP contribution in [0.4, 0.5) is 0 Å². The van der Waals surface area contributed by atoms with E-state index in [-0.39, 0.29) is 0 Å². The fourth-order valence-corrected chi connectivity index (χ4v) is 2.97. The molecule has 6 nitrogen and oxygen atoms in total. The highest BCUT2D eigenvalue weighted by Crippen LogP contribution is 2.18. The van der Waals surface area contributed by atoms with Crippen molar-refractivity contribution < 1.29 is 14.0 Å². The molecule has 0 radical (unpaired) electrons. The number of ether oxygens (including phenoxy) is 2. The quantitative estimate of drug-likeness (QED) is 0.802.